The molecular formula is C8H12Cl2. The normalized spacial score (nSPS) is 12.9. The van der Waals surface area contributed by atoms with Crippen LogP contribution in [0.25, 0.3) is 0 Å². The fourth-order valence-corrected chi connectivity index (χ4v) is 0.779. The summed E-state index contributed by atoms with van der Waals surface area (Å²) in [6.07, 6.45) is 7.15. The van der Waals surface area contributed by atoms with Gasteiger partial charge in [-0.15, -0.1) is 0 Å². The molecule has 0 radical (unpaired) electrons. The summed E-state index contributed by atoms with van der Waals surface area (Å²) in [7, 11) is 0. The van der Waals surface area contributed by atoms with Gasteiger partial charge >= 0.3 is 0 Å². The molecule has 0 bridgehead atoms. The van der Waals surface area contributed by atoms with E-state index < -0.39 is 0 Å². The Morgan fingerprint density at radius 2 is 2.10 bits per heavy atom. The van der Waals surface area contributed by atoms with E-state index in [0.717, 1.165) is 24.3 Å². The van der Waals surface area contributed by atoms with Gasteiger partial charge in [0.05, 0.1) is 0 Å². The van der Waals surface area contributed by atoms with Gasteiger partial charge in [-0.05, 0) is 19.3 Å². The molecule has 0 aliphatic heterocycles. The van der Waals surface area contributed by atoms with Gasteiger partial charge in [-0.25, -0.2) is 0 Å². The molecule has 0 aliphatic rings. The maximum atomic E-state index is 5.64. The average Bonchev–Trinajstić information content (AvgIpc) is 1.98. The molecule has 0 aromatic carbocycles. The van der Waals surface area contributed by atoms with Crippen molar-refractivity contribution in [2.24, 2.45) is 0 Å². The Labute approximate surface area is 72.5 Å². The number of halogens is 2. The molecule has 0 N–H and O–H groups in total. The third kappa shape index (κ3) is 6.18. The lowest BCUT2D eigenvalue weighted by Crippen LogP contribution is -1.69. The number of hydrogen-bond donors (Lipinski definition) is 0. The summed E-state index contributed by atoms with van der Waals surface area (Å²) in [5, 5.41) is 0.724. The van der Waals surface area contributed by atoms with Gasteiger partial charge in [-0.2, -0.15) is 0 Å². The summed E-state index contributed by atoms with van der Waals surface area (Å²) < 4.78 is 0. The Hall–Kier alpha value is 0.0600. The van der Waals surface area contributed by atoms with Crippen molar-refractivity contribution in [3.8, 4) is 0 Å². The van der Waals surface area contributed by atoms with E-state index in [1.165, 1.54) is 5.54 Å². The standard InChI is InChI=1S/C8H12Cl2/c1-2-3-4-5-6-8(10)7-9/h3-4,7H,2,5-6H2,1H3/b4-3+,8-7-. The first kappa shape index (κ1) is 10.1. The van der Waals surface area contributed by atoms with Crippen molar-refractivity contribution in [2.45, 2.75) is 26.2 Å². The Balaban J connectivity index is 3.28. The van der Waals surface area contributed by atoms with E-state index in [4.69, 9.17) is 23.2 Å². The molecule has 0 saturated heterocycles. The molecule has 10 heavy (non-hydrogen) atoms. The van der Waals surface area contributed by atoms with Crippen molar-refractivity contribution >= 4 is 23.2 Å². The van der Waals surface area contributed by atoms with Crippen LogP contribution in [0.3, 0.4) is 0 Å². The molecule has 0 aromatic heterocycles. The zero-order valence-electron chi connectivity index (χ0n) is 6.11. The molecule has 0 unspecified atom stereocenters. The van der Waals surface area contributed by atoms with E-state index in [-0.39, 0.29) is 0 Å². The second kappa shape index (κ2) is 7.17. The highest BCUT2D eigenvalue weighted by atomic mass is 35.5. The van der Waals surface area contributed by atoms with E-state index in [1.54, 1.807) is 0 Å². The highest BCUT2D eigenvalue weighted by Crippen LogP contribution is 2.11. The molecule has 0 saturated carbocycles. The summed E-state index contributed by atoms with van der Waals surface area (Å²) >= 11 is 11.0. The average molecular weight is 179 g/mol. The van der Waals surface area contributed by atoms with E-state index in [9.17, 15) is 0 Å². The van der Waals surface area contributed by atoms with Gasteiger partial charge in [0, 0.05) is 10.6 Å². The van der Waals surface area contributed by atoms with E-state index >= 15 is 0 Å². The molecule has 0 atom stereocenters. The van der Waals surface area contributed by atoms with Crippen LogP contribution in [0.2, 0.25) is 0 Å². The van der Waals surface area contributed by atoms with Crippen LogP contribution in [0.1, 0.15) is 26.2 Å². The molecule has 0 aromatic rings. The quantitative estimate of drug-likeness (QED) is 0.571. The molecule has 0 aliphatic carbocycles. The van der Waals surface area contributed by atoms with Crippen molar-refractivity contribution in [2.75, 3.05) is 0 Å². The highest BCUT2D eigenvalue weighted by molar-refractivity contribution is 6.36. The first-order chi connectivity index (χ1) is 4.81. The van der Waals surface area contributed by atoms with Crippen molar-refractivity contribution in [3.05, 3.63) is 22.7 Å². The summed E-state index contributed by atoms with van der Waals surface area (Å²) in [6.45, 7) is 2.11. The number of hydrogen-bond acceptors (Lipinski definition) is 0. The summed E-state index contributed by atoms with van der Waals surface area (Å²) in [5.41, 5.74) is 1.42. The molecule has 0 rings (SSSR count). The van der Waals surface area contributed by atoms with Crippen LogP contribution in [0.5, 0.6) is 0 Å². The van der Waals surface area contributed by atoms with Crippen LogP contribution < -0.4 is 0 Å². The minimum Gasteiger partial charge on any atom is -0.0917 e. The lowest BCUT2D eigenvalue weighted by molar-refractivity contribution is 1.02. The third-order valence-electron chi connectivity index (χ3n) is 1.07. The monoisotopic (exact) mass is 178 g/mol. The van der Waals surface area contributed by atoms with Crippen molar-refractivity contribution in [1.29, 1.82) is 0 Å². The smallest absolute Gasteiger partial charge is 0.0296 e. The largest absolute Gasteiger partial charge is 0.0917 e. The minimum absolute atomic E-state index is 0.724. The van der Waals surface area contributed by atoms with Crippen LogP contribution in [-0.4, -0.2) is 0 Å². The zero-order chi connectivity index (χ0) is 7.82. The minimum atomic E-state index is 0.724. The fourth-order valence-electron chi connectivity index (χ4n) is 0.560. The maximum absolute atomic E-state index is 5.64. The van der Waals surface area contributed by atoms with E-state index in [2.05, 4.69) is 19.1 Å². The summed E-state index contributed by atoms with van der Waals surface area (Å²) in [4.78, 5) is 0. The second-order valence-corrected chi connectivity index (χ2v) is 2.68. The first-order valence-electron chi connectivity index (χ1n) is 3.41. The molecule has 0 fully saturated rings. The van der Waals surface area contributed by atoms with Gasteiger partial charge in [0.25, 0.3) is 0 Å². The summed E-state index contributed by atoms with van der Waals surface area (Å²) in [6, 6.07) is 0. The topological polar surface area (TPSA) is 0 Å². The van der Waals surface area contributed by atoms with Crippen molar-refractivity contribution in [3.63, 3.8) is 0 Å². The second-order valence-electron chi connectivity index (χ2n) is 1.97. The molecule has 0 nitrogen and oxygen atoms in total. The van der Waals surface area contributed by atoms with Gasteiger partial charge in [-0.1, -0.05) is 42.3 Å². The molecule has 58 valence electrons. The molecule has 0 heterocycles. The SMILES string of the molecule is CC/C=C/CC/C(Cl)=C/Cl. The number of rotatable bonds is 4. The molecule has 0 spiro atoms. The first-order valence-corrected chi connectivity index (χ1v) is 4.22. The van der Waals surface area contributed by atoms with E-state index in [0.29, 0.717) is 0 Å². The Kier molecular flexibility index (Phi) is 7.21. The molecule has 2 heteroatoms. The van der Waals surface area contributed by atoms with Crippen LogP contribution in [0.15, 0.2) is 22.7 Å². The van der Waals surface area contributed by atoms with Gasteiger partial charge in [0.1, 0.15) is 0 Å². The fraction of sp³-hybridized carbons (Fsp3) is 0.500. The number of allylic oxidation sites excluding steroid dienone is 3. The maximum Gasteiger partial charge on any atom is 0.0296 e. The predicted molar refractivity (Wildman–Crippen MR) is 48.5 cm³/mol. The van der Waals surface area contributed by atoms with Gasteiger partial charge < -0.3 is 0 Å². The third-order valence-corrected chi connectivity index (χ3v) is 1.74. The Bertz CT molecular complexity index is 125. The Morgan fingerprint density at radius 3 is 2.60 bits per heavy atom. The van der Waals surface area contributed by atoms with E-state index in [1.807, 2.05) is 0 Å². The van der Waals surface area contributed by atoms with Crippen molar-refractivity contribution < 1.29 is 0 Å². The van der Waals surface area contributed by atoms with Crippen LogP contribution in [0.4, 0.5) is 0 Å². The van der Waals surface area contributed by atoms with Gasteiger partial charge in [0.2, 0.25) is 0 Å². The predicted octanol–water partition coefficient (Wildman–Crippen LogP) is 4.05. The van der Waals surface area contributed by atoms with Crippen LogP contribution in [0, 0.1) is 0 Å². The summed E-state index contributed by atoms with van der Waals surface area (Å²) in [5.74, 6) is 0. The van der Waals surface area contributed by atoms with Crippen LogP contribution in [-0.2, 0) is 0 Å². The highest BCUT2D eigenvalue weighted by Gasteiger charge is 1.86. The van der Waals surface area contributed by atoms with Gasteiger partial charge in [0.15, 0.2) is 0 Å². The molecular weight excluding hydrogens is 167 g/mol. The lowest BCUT2D eigenvalue weighted by atomic mass is 10.3. The van der Waals surface area contributed by atoms with Crippen molar-refractivity contribution in [1.82, 2.24) is 0 Å². The van der Waals surface area contributed by atoms with Gasteiger partial charge in [-0.3, -0.25) is 0 Å². The molecule has 0 amide bonds. The van der Waals surface area contributed by atoms with Crippen LogP contribution >= 0.6 is 23.2 Å². The Morgan fingerprint density at radius 1 is 1.40 bits per heavy atom. The zero-order valence-corrected chi connectivity index (χ0v) is 7.62. The lowest BCUT2D eigenvalue weighted by Gasteiger charge is -1.90.